The molecule has 0 heterocycles. The number of nitrogens with one attached hydrogen (secondary N) is 1. The van der Waals surface area contributed by atoms with Gasteiger partial charge in [-0.2, -0.15) is 0 Å². The van der Waals surface area contributed by atoms with Crippen LogP contribution in [0.1, 0.15) is 11.1 Å². The number of rotatable bonds is 3. The molecule has 0 bridgehead atoms. The molecular weight excluding hydrogens is 336 g/mol. The summed E-state index contributed by atoms with van der Waals surface area (Å²) >= 11 is 4.71. The minimum Gasteiger partial charge on any atom is -0.399 e. The maximum absolute atomic E-state index is 10.8. The van der Waals surface area contributed by atoms with Crippen molar-refractivity contribution in [3.63, 3.8) is 0 Å². The number of halogens is 1. The zero-order chi connectivity index (χ0) is 19.2. The molecule has 3 N–H and O–H groups in total. The second-order valence-electron chi connectivity index (χ2n) is 4.98. The molecule has 0 saturated heterocycles. The first-order valence-corrected chi connectivity index (χ1v) is 7.80. The molecule has 0 atom stereocenters. The van der Waals surface area contributed by atoms with Crippen molar-refractivity contribution >= 4 is 34.1 Å². The lowest BCUT2D eigenvalue weighted by Crippen LogP contribution is -2.06. The highest BCUT2D eigenvalue weighted by Crippen LogP contribution is 2.08. The molecule has 0 aromatic heterocycles. The Labute approximate surface area is 154 Å². The Morgan fingerprint density at radius 1 is 0.920 bits per heavy atom. The van der Waals surface area contributed by atoms with E-state index in [1.54, 1.807) is 0 Å². The van der Waals surface area contributed by atoms with Crippen LogP contribution < -0.4 is 11.1 Å². The third kappa shape index (κ3) is 12.3. The number of carbonyl (C=O) groups excluding carboxylic acids is 2. The Morgan fingerprint density at radius 3 is 1.64 bits per heavy atom. The number of amides is 1. The maximum Gasteiger partial charge on any atom is 0.247 e. The van der Waals surface area contributed by atoms with E-state index in [4.69, 9.17) is 17.3 Å². The van der Waals surface area contributed by atoms with Crippen LogP contribution in [0.2, 0.25) is 0 Å². The van der Waals surface area contributed by atoms with Crippen molar-refractivity contribution in [3.05, 3.63) is 85.0 Å². The Morgan fingerprint density at radius 2 is 1.32 bits per heavy atom. The summed E-state index contributed by atoms with van der Waals surface area (Å²) in [7, 11) is 0. The minimum atomic E-state index is -0.509. The third-order valence-electron chi connectivity index (χ3n) is 2.74. The van der Waals surface area contributed by atoms with E-state index in [1.165, 1.54) is 17.2 Å². The number of aryl methyl sites for hydroxylation is 2. The normalized spacial score (nSPS) is 8.60. The molecule has 132 valence electrons. The molecule has 0 aliphatic carbocycles. The summed E-state index contributed by atoms with van der Waals surface area (Å²) in [6.45, 7) is 10.5. The van der Waals surface area contributed by atoms with E-state index in [2.05, 4.69) is 18.5 Å². The largest absolute Gasteiger partial charge is 0.399 e. The van der Waals surface area contributed by atoms with Crippen LogP contribution in [0.4, 0.5) is 11.4 Å². The van der Waals surface area contributed by atoms with Gasteiger partial charge in [0.25, 0.3) is 0 Å². The van der Waals surface area contributed by atoms with E-state index in [-0.39, 0.29) is 5.91 Å². The van der Waals surface area contributed by atoms with Crippen LogP contribution in [-0.4, -0.2) is 11.1 Å². The smallest absolute Gasteiger partial charge is 0.247 e. The van der Waals surface area contributed by atoms with Crippen molar-refractivity contribution in [2.75, 3.05) is 11.1 Å². The van der Waals surface area contributed by atoms with Gasteiger partial charge in [-0.15, -0.1) is 0 Å². The number of nitrogens with two attached hydrogens (primary N) is 1. The molecule has 1 amide bonds. The van der Waals surface area contributed by atoms with E-state index in [0.717, 1.165) is 17.5 Å². The van der Waals surface area contributed by atoms with Crippen LogP contribution in [0.25, 0.3) is 0 Å². The van der Waals surface area contributed by atoms with Crippen molar-refractivity contribution < 1.29 is 9.59 Å². The fourth-order valence-corrected chi connectivity index (χ4v) is 1.40. The topological polar surface area (TPSA) is 72.2 Å². The average Bonchev–Trinajstić information content (AvgIpc) is 2.60. The van der Waals surface area contributed by atoms with E-state index in [9.17, 15) is 9.59 Å². The van der Waals surface area contributed by atoms with Gasteiger partial charge in [-0.3, -0.25) is 9.59 Å². The molecule has 0 saturated carbocycles. The van der Waals surface area contributed by atoms with E-state index in [1.807, 2.05) is 62.4 Å². The maximum atomic E-state index is 10.8. The van der Waals surface area contributed by atoms with Crippen molar-refractivity contribution in [2.24, 2.45) is 0 Å². The summed E-state index contributed by atoms with van der Waals surface area (Å²) in [5.74, 6) is -0.182. The first-order valence-electron chi connectivity index (χ1n) is 7.42. The van der Waals surface area contributed by atoms with Gasteiger partial charge in [-0.05, 0) is 61.9 Å². The molecule has 2 aromatic carbocycles. The molecule has 5 heteroatoms. The lowest BCUT2D eigenvalue weighted by molar-refractivity contribution is -0.112. The van der Waals surface area contributed by atoms with Crippen LogP contribution in [0.15, 0.2) is 73.8 Å². The first-order chi connectivity index (χ1) is 11.8. The fourth-order valence-electron chi connectivity index (χ4n) is 1.40. The van der Waals surface area contributed by atoms with Gasteiger partial charge in [0.15, 0.2) is 0 Å². The number of nitrogen functional groups attached to an aromatic ring is 1. The highest BCUT2D eigenvalue weighted by molar-refractivity contribution is 6.66. The highest BCUT2D eigenvalue weighted by atomic mass is 35.5. The van der Waals surface area contributed by atoms with E-state index >= 15 is 0 Å². The molecule has 2 aromatic rings. The van der Waals surface area contributed by atoms with Gasteiger partial charge in [0, 0.05) is 11.4 Å². The van der Waals surface area contributed by atoms with Crippen molar-refractivity contribution in [2.45, 2.75) is 13.8 Å². The molecule has 0 unspecified atom stereocenters. The predicted octanol–water partition coefficient (Wildman–Crippen LogP) is 4.63. The standard InChI is InChI=1S/C10H11NO.C7H9N.C3H3ClO/c1-3-10(12)11-9-6-4-8(2)5-7-9;1-6-2-4-7(8)5-3-6;1-2-3(4)5/h3-7H,1H2,2H3,(H,11,12);2-5H,8H2,1H3;2H,1H2. The first kappa shape index (κ1) is 22.2. The molecular formula is C20H23ClN2O2. The average molecular weight is 359 g/mol. The molecule has 0 fully saturated rings. The summed E-state index contributed by atoms with van der Waals surface area (Å²) in [5.41, 5.74) is 9.47. The van der Waals surface area contributed by atoms with E-state index in [0.29, 0.717) is 0 Å². The van der Waals surface area contributed by atoms with Crippen LogP contribution in [-0.2, 0) is 9.59 Å². The second kappa shape index (κ2) is 12.6. The Hall–Kier alpha value is -2.85. The van der Waals surface area contributed by atoms with Crippen LogP contribution in [0.5, 0.6) is 0 Å². The Balaban J connectivity index is 0.000000382. The van der Waals surface area contributed by atoms with Gasteiger partial charge < -0.3 is 11.1 Å². The van der Waals surface area contributed by atoms with Crippen molar-refractivity contribution in [3.8, 4) is 0 Å². The number of allylic oxidation sites excluding steroid dienone is 1. The number of anilines is 2. The monoisotopic (exact) mass is 358 g/mol. The van der Waals surface area contributed by atoms with Crippen molar-refractivity contribution in [1.82, 2.24) is 0 Å². The zero-order valence-electron chi connectivity index (χ0n) is 14.5. The summed E-state index contributed by atoms with van der Waals surface area (Å²) in [6, 6.07) is 15.4. The molecule has 0 radical (unpaired) electrons. The highest BCUT2D eigenvalue weighted by Gasteiger charge is 1.94. The lowest BCUT2D eigenvalue weighted by atomic mass is 10.2. The summed E-state index contributed by atoms with van der Waals surface area (Å²) in [5, 5.41) is 2.15. The number of benzene rings is 2. The minimum absolute atomic E-state index is 0.182. The Bertz CT molecular complexity index is 672. The van der Waals surface area contributed by atoms with Crippen LogP contribution in [0, 0.1) is 13.8 Å². The molecule has 2 rings (SSSR count). The fraction of sp³-hybridized carbons (Fsp3) is 0.100. The SMILES string of the molecule is C=CC(=O)Cl.C=CC(=O)Nc1ccc(C)cc1.Cc1ccc(N)cc1. The van der Waals surface area contributed by atoms with Crippen LogP contribution >= 0.6 is 11.6 Å². The number of hydrogen-bond donors (Lipinski definition) is 2. The van der Waals surface area contributed by atoms with Crippen molar-refractivity contribution in [1.29, 1.82) is 0 Å². The van der Waals surface area contributed by atoms with Gasteiger partial charge in [0.1, 0.15) is 0 Å². The van der Waals surface area contributed by atoms with Gasteiger partial charge >= 0.3 is 0 Å². The van der Waals surface area contributed by atoms with E-state index < -0.39 is 5.24 Å². The van der Waals surface area contributed by atoms with Gasteiger partial charge in [0.2, 0.25) is 11.1 Å². The number of carbonyl (C=O) groups is 2. The zero-order valence-corrected chi connectivity index (χ0v) is 15.2. The molecule has 4 nitrogen and oxygen atoms in total. The van der Waals surface area contributed by atoms with Gasteiger partial charge in [-0.1, -0.05) is 48.6 Å². The molecule has 0 spiro atoms. The van der Waals surface area contributed by atoms with Gasteiger partial charge in [0.05, 0.1) is 0 Å². The predicted molar refractivity (Wildman–Crippen MR) is 107 cm³/mol. The molecule has 0 aliphatic rings. The summed E-state index contributed by atoms with van der Waals surface area (Å²) in [4.78, 5) is 20.3. The quantitative estimate of drug-likeness (QED) is 0.477. The summed E-state index contributed by atoms with van der Waals surface area (Å²) < 4.78 is 0. The van der Waals surface area contributed by atoms with Gasteiger partial charge in [-0.25, -0.2) is 0 Å². The Kier molecular flexibility index (Phi) is 11.1. The molecule has 25 heavy (non-hydrogen) atoms. The van der Waals surface area contributed by atoms with Crippen LogP contribution in [0.3, 0.4) is 0 Å². The summed E-state index contributed by atoms with van der Waals surface area (Å²) in [6.07, 6.45) is 2.29. The number of hydrogen-bond acceptors (Lipinski definition) is 3. The third-order valence-corrected chi connectivity index (χ3v) is 2.90. The lowest BCUT2D eigenvalue weighted by Gasteiger charge is -2.01. The molecule has 0 aliphatic heterocycles. The second-order valence-corrected chi connectivity index (χ2v) is 5.35.